The van der Waals surface area contributed by atoms with Gasteiger partial charge in [-0.15, -0.1) is 46.2 Å². The fourth-order valence-electron chi connectivity index (χ4n) is 4.65. The third-order valence-electron chi connectivity index (χ3n) is 7.15. The summed E-state index contributed by atoms with van der Waals surface area (Å²) in [5, 5.41) is 5.49. The molecule has 1 aliphatic carbocycles. The van der Waals surface area contributed by atoms with E-state index in [0.29, 0.717) is 0 Å². The Morgan fingerprint density at radius 2 is 1.07 bits per heavy atom. The molecular formula is C39H40Cl2Zr-2. The van der Waals surface area contributed by atoms with Gasteiger partial charge in [0, 0.05) is 0 Å². The Balaban J connectivity index is 0.000000253. The van der Waals surface area contributed by atoms with Gasteiger partial charge in [-0.1, -0.05) is 76.9 Å². The molecule has 0 unspecified atom stereocenters. The van der Waals surface area contributed by atoms with E-state index in [9.17, 15) is 0 Å². The van der Waals surface area contributed by atoms with Crippen molar-refractivity contribution in [1.29, 1.82) is 0 Å². The molecular weight excluding hydrogens is 631 g/mol. The van der Waals surface area contributed by atoms with Crippen LogP contribution < -0.4 is 24.8 Å². The molecule has 0 saturated heterocycles. The van der Waals surface area contributed by atoms with Gasteiger partial charge in [0.2, 0.25) is 0 Å². The van der Waals surface area contributed by atoms with E-state index in [0.717, 1.165) is 6.42 Å². The molecule has 42 heavy (non-hydrogen) atoms. The predicted octanol–water partition coefficient (Wildman–Crippen LogP) is 4.42. The third kappa shape index (κ3) is 9.54. The zero-order chi connectivity index (χ0) is 28.8. The minimum absolute atomic E-state index is 0. The van der Waals surface area contributed by atoms with E-state index in [4.69, 9.17) is 0 Å². The van der Waals surface area contributed by atoms with Crippen molar-refractivity contribution in [1.82, 2.24) is 0 Å². The second kappa shape index (κ2) is 15.9. The van der Waals surface area contributed by atoms with Crippen molar-refractivity contribution < 1.29 is 49.0 Å². The number of allylic oxidation sites excluding steroid dienone is 4. The molecule has 0 saturated carbocycles. The average molecular weight is 671 g/mol. The Labute approximate surface area is 280 Å². The van der Waals surface area contributed by atoms with Gasteiger partial charge in [0.15, 0.2) is 0 Å². The summed E-state index contributed by atoms with van der Waals surface area (Å²) >= 11 is 1.46. The summed E-state index contributed by atoms with van der Waals surface area (Å²) in [6.07, 6.45) is 10.0. The Kier molecular flexibility index (Phi) is 13.5. The van der Waals surface area contributed by atoms with Crippen molar-refractivity contribution in [2.24, 2.45) is 0 Å². The van der Waals surface area contributed by atoms with Crippen molar-refractivity contribution in [2.45, 2.75) is 58.8 Å². The molecule has 0 bridgehead atoms. The summed E-state index contributed by atoms with van der Waals surface area (Å²) in [6, 6.07) is 37.3. The van der Waals surface area contributed by atoms with Crippen molar-refractivity contribution in [3.05, 3.63) is 150 Å². The van der Waals surface area contributed by atoms with E-state index in [1.165, 1.54) is 71.2 Å². The maximum atomic E-state index is 2.99. The van der Waals surface area contributed by atoms with E-state index in [1.807, 2.05) is 12.2 Å². The van der Waals surface area contributed by atoms with Gasteiger partial charge >= 0.3 is 99.2 Å². The molecule has 216 valence electrons. The van der Waals surface area contributed by atoms with Crippen molar-refractivity contribution in [3.8, 4) is 0 Å². The van der Waals surface area contributed by atoms with Gasteiger partial charge in [-0.05, 0) is 10.8 Å². The maximum absolute atomic E-state index is 2.99. The van der Waals surface area contributed by atoms with Crippen LogP contribution in [0.3, 0.4) is 0 Å². The monoisotopic (exact) mass is 668 g/mol. The summed E-state index contributed by atoms with van der Waals surface area (Å²) < 4.78 is 1.42. The second-order valence-corrected chi connectivity index (χ2v) is 13.6. The number of rotatable bonds is 2. The Morgan fingerprint density at radius 1 is 0.643 bits per heavy atom. The molecule has 0 spiro atoms. The van der Waals surface area contributed by atoms with Crippen LogP contribution in [0.2, 0.25) is 0 Å². The number of hydrogen-bond donors (Lipinski definition) is 0. The molecule has 0 amide bonds. The number of hydrogen-bond acceptors (Lipinski definition) is 0. The van der Waals surface area contributed by atoms with Crippen molar-refractivity contribution >= 4 is 24.8 Å². The number of benzene rings is 4. The molecule has 0 radical (unpaired) electrons. The Bertz CT molecular complexity index is 1510. The summed E-state index contributed by atoms with van der Waals surface area (Å²) in [4.78, 5) is 0. The third-order valence-corrected chi connectivity index (χ3v) is 8.57. The zero-order valence-corrected chi connectivity index (χ0v) is 29.5. The van der Waals surface area contributed by atoms with E-state index in [2.05, 4.69) is 157 Å². The summed E-state index contributed by atoms with van der Waals surface area (Å²) in [7, 11) is 0. The topological polar surface area (TPSA) is 0 Å². The second-order valence-electron chi connectivity index (χ2n) is 12.4. The first kappa shape index (κ1) is 35.8. The van der Waals surface area contributed by atoms with Gasteiger partial charge in [-0.25, -0.2) is 12.2 Å². The standard InChI is InChI=1S/C21H25.C13H10.C5H5.2ClH.Zr/c1-20(2,3)16-9-7-14-11-15-8-10-17(21(4,5)6)13-19(15)18(14)12-16;1-3-7-12(8-4-1)11-13-9-5-2-6-10-13;1-2-4-5-3-1;;;/h7-13H,1-6H3;1-10H;1-3H,4H2;2*1H;/q-1;;-1;;;+2/p-2. The molecule has 0 heterocycles. The van der Waals surface area contributed by atoms with Gasteiger partial charge in [0.05, 0.1) is 0 Å². The van der Waals surface area contributed by atoms with Crippen LogP contribution in [-0.2, 0) is 35.1 Å². The van der Waals surface area contributed by atoms with Gasteiger partial charge in [0.1, 0.15) is 0 Å². The zero-order valence-electron chi connectivity index (χ0n) is 25.5. The Hall–Kier alpha value is -2.44. The fraction of sp³-hybridized carbons (Fsp3) is 0.231. The molecule has 6 rings (SSSR count). The van der Waals surface area contributed by atoms with Crippen LogP contribution in [0, 0.1) is 6.08 Å². The van der Waals surface area contributed by atoms with Crippen LogP contribution >= 0.6 is 0 Å². The van der Waals surface area contributed by atoms with Crippen LogP contribution in [0.4, 0.5) is 0 Å². The van der Waals surface area contributed by atoms with Crippen LogP contribution in [0.5, 0.6) is 0 Å². The molecule has 5 aromatic carbocycles. The van der Waals surface area contributed by atoms with Crippen LogP contribution in [0.1, 0.15) is 70.2 Å². The molecule has 0 aliphatic heterocycles. The van der Waals surface area contributed by atoms with Crippen molar-refractivity contribution in [3.63, 3.8) is 0 Å². The minimum atomic E-state index is 0. The average Bonchev–Trinajstić information content (AvgIpc) is 3.64. The first-order valence-electron chi connectivity index (χ1n) is 14.1. The normalized spacial score (nSPS) is 12.0. The number of halogens is 2. The van der Waals surface area contributed by atoms with E-state index >= 15 is 0 Å². The van der Waals surface area contributed by atoms with Crippen LogP contribution in [0.15, 0.2) is 121 Å². The molecule has 1 aliphatic rings. The predicted molar refractivity (Wildman–Crippen MR) is 172 cm³/mol. The van der Waals surface area contributed by atoms with E-state index in [-0.39, 0.29) is 35.6 Å². The van der Waals surface area contributed by atoms with Crippen LogP contribution in [-0.4, -0.2) is 3.21 Å². The molecule has 5 aromatic rings. The van der Waals surface area contributed by atoms with Gasteiger partial charge < -0.3 is 24.8 Å². The molecule has 0 atom stereocenters. The van der Waals surface area contributed by atoms with Gasteiger partial charge in [-0.3, -0.25) is 6.08 Å². The van der Waals surface area contributed by atoms with E-state index in [1.54, 1.807) is 0 Å². The van der Waals surface area contributed by atoms with E-state index < -0.39 is 0 Å². The molecule has 0 fully saturated rings. The van der Waals surface area contributed by atoms with Crippen molar-refractivity contribution in [2.75, 3.05) is 0 Å². The fourth-order valence-corrected chi connectivity index (χ4v) is 5.47. The van der Waals surface area contributed by atoms with Gasteiger partial charge in [-0.2, -0.15) is 6.08 Å². The first-order valence-corrected chi connectivity index (χ1v) is 15.3. The quantitative estimate of drug-likeness (QED) is 0.244. The molecule has 3 heteroatoms. The Morgan fingerprint density at radius 3 is 1.38 bits per heavy atom. The molecule has 0 nitrogen and oxygen atoms in total. The summed E-state index contributed by atoms with van der Waals surface area (Å²) in [5.74, 6) is 0. The number of fused-ring (bicyclic) bond motifs is 3. The van der Waals surface area contributed by atoms with Gasteiger partial charge in [0.25, 0.3) is 0 Å². The summed E-state index contributed by atoms with van der Waals surface area (Å²) in [5.41, 5.74) is 5.86. The summed E-state index contributed by atoms with van der Waals surface area (Å²) in [6.45, 7) is 13.7. The molecule has 0 aromatic heterocycles. The SMILES string of the molecule is CC(C)(C)c1ccc2[cH-]c3ccc(C(C)(C)C)cc3c2c1.[C-]1=CC=CC1.[Cl-].[Cl-].[Zr+2]=[C](c1ccccc1)c1ccccc1. The van der Waals surface area contributed by atoms with Crippen LogP contribution in [0.25, 0.3) is 21.5 Å². The first-order chi connectivity index (χ1) is 19.0. The molecule has 0 N–H and O–H groups in total.